The van der Waals surface area contributed by atoms with Crippen molar-refractivity contribution in [1.82, 2.24) is 29.2 Å². The number of nitrogens with zero attached hydrogens (tertiary/aromatic N) is 8. The summed E-state index contributed by atoms with van der Waals surface area (Å²) >= 11 is 5.59. The minimum Gasteiger partial charge on any atom is -0.486 e. The van der Waals surface area contributed by atoms with Crippen molar-refractivity contribution in [3.63, 3.8) is 0 Å². The standard InChI is InChI=1S/C46H54N8O6S4/c1-41(2,3)39-49-33-23(35(55)59-45(13,14)15)21(19-47)25(53(33)51-39)37-61-29-27(57-43(7,8)9)31-32(28(30(29)62-37)58-44(10,11)12)64-38(63-31)26-22(20-48)24(36(56)60-46(16,17)18)34-50-40(42(4,5)6)52-54(26)34/h1-18H3. The zero-order valence-electron chi connectivity index (χ0n) is 39.7. The Balaban J connectivity index is 1.54. The number of nitriles is 2. The lowest BCUT2D eigenvalue weighted by molar-refractivity contribution is 0.00586. The van der Waals surface area contributed by atoms with Gasteiger partial charge in [0.1, 0.15) is 56.4 Å². The van der Waals surface area contributed by atoms with Gasteiger partial charge in [0.15, 0.2) is 34.4 Å². The van der Waals surface area contributed by atoms with Crippen LogP contribution < -0.4 is 20.2 Å². The number of esters is 2. The van der Waals surface area contributed by atoms with Crippen molar-refractivity contribution >= 4 is 78.8 Å². The summed E-state index contributed by atoms with van der Waals surface area (Å²) in [6.07, 6.45) is 0. The van der Waals surface area contributed by atoms with Gasteiger partial charge in [0.2, 0.25) is 0 Å². The molecule has 5 aromatic rings. The number of hydrogen-bond donors (Lipinski definition) is 0. The van der Waals surface area contributed by atoms with E-state index in [-0.39, 0.29) is 33.5 Å². The van der Waals surface area contributed by atoms with Gasteiger partial charge in [0.05, 0.1) is 39.2 Å². The van der Waals surface area contributed by atoms with Gasteiger partial charge in [0, 0.05) is 10.8 Å². The van der Waals surface area contributed by atoms with Crippen LogP contribution in [0, 0.1) is 22.7 Å². The maximum absolute atomic E-state index is 14.0. The van der Waals surface area contributed by atoms with Crippen molar-refractivity contribution in [2.75, 3.05) is 0 Å². The molecule has 0 N–H and O–H groups in total. The third-order valence-electron chi connectivity index (χ3n) is 9.05. The zero-order chi connectivity index (χ0) is 47.6. The number of benzene rings is 1. The Bertz CT molecular complexity index is 2780. The molecule has 7 rings (SSSR count). The Morgan fingerprint density at radius 1 is 0.500 bits per heavy atom. The van der Waals surface area contributed by atoms with E-state index in [0.29, 0.717) is 42.3 Å². The topological polar surface area (TPSA) is 179 Å². The lowest BCUT2D eigenvalue weighted by atomic mass is 9.96. The van der Waals surface area contributed by atoms with Gasteiger partial charge < -0.3 is 18.9 Å². The summed E-state index contributed by atoms with van der Waals surface area (Å²) < 4.78 is 30.1. The van der Waals surface area contributed by atoms with Gasteiger partial charge in [-0.25, -0.2) is 28.6 Å². The maximum atomic E-state index is 14.0. The average Bonchev–Trinajstić information content (AvgIpc) is 3.94. The number of hydrogen-bond acceptors (Lipinski definition) is 16. The van der Waals surface area contributed by atoms with Gasteiger partial charge in [-0.2, -0.15) is 20.7 Å². The van der Waals surface area contributed by atoms with Crippen LogP contribution in [0.15, 0.2) is 19.6 Å². The molecule has 18 heteroatoms. The van der Waals surface area contributed by atoms with E-state index in [2.05, 4.69) is 12.1 Å². The normalized spacial score (nSPS) is 14.8. The van der Waals surface area contributed by atoms with Crippen LogP contribution in [0.25, 0.3) is 19.8 Å². The number of ether oxygens (including phenoxy) is 4. The Hall–Kier alpha value is -4.62. The van der Waals surface area contributed by atoms with Crippen LogP contribution in [0.1, 0.15) is 168 Å². The molecular formula is C46H54N8O6S4. The second-order valence-corrected chi connectivity index (χ2v) is 26.3. The van der Waals surface area contributed by atoms with Gasteiger partial charge in [-0.3, -0.25) is 0 Å². The molecule has 0 saturated heterocycles. The van der Waals surface area contributed by atoms with Gasteiger partial charge in [-0.15, -0.1) is 0 Å². The second kappa shape index (κ2) is 15.5. The first kappa shape index (κ1) is 47.3. The Labute approximate surface area is 390 Å². The third-order valence-corrected chi connectivity index (χ3v) is 14.2. The largest absolute Gasteiger partial charge is 0.486 e. The van der Waals surface area contributed by atoms with Gasteiger partial charge >= 0.3 is 11.9 Å². The number of rotatable bonds is 4. The van der Waals surface area contributed by atoms with Crippen LogP contribution in [0.4, 0.5) is 0 Å². The summed E-state index contributed by atoms with van der Waals surface area (Å²) in [7, 11) is 0. The molecule has 2 aliphatic rings. The van der Waals surface area contributed by atoms with E-state index < -0.39 is 45.2 Å². The molecule has 338 valence electrons. The highest BCUT2D eigenvalue weighted by atomic mass is 32.2. The molecule has 0 saturated carbocycles. The lowest BCUT2D eigenvalue weighted by Gasteiger charge is -2.28. The molecule has 0 atom stereocenters. The quantitative estimate of drug-likeness (QED) is 0.155. The van der Waals surface area contributed by atoms with Gasteiger partial charge in [-0.05, 0) is 83.1 Å². The van der Waals surface area contributed by atoms with E-state index in [9.17, 15) is 20.1 Å². The number of thioether (sulfide) groups is 4. The first-order valence-electron chi connectivity index (χ1n) is 20.8. The predicted molar refractivity (Wildman–Crippen MR) is 251 cm³/mol. The molecule has 4 aromatic heterocycles. The Morgan fingerprint density at radius 3 is 1.03 bits per heavy atom. The molecule has 64 heavy (non-hydrogen) atoms. The van der Waals surface area contributed by atoms with Crippen molar-refractivity contribution in [2.24, 2.45) is 0 Å². The smallest absolute Gasteiger partial charge is 0.343 e. The highest BCUT2D eigenvalue weighted by Crippen LogP contribution is 2.69. The number of carbonyl (C=O) groups is 2. The Morgan fingerprint density at radius 2 is 0.797 bits per heavy atom. The third kappa shape index (κ3) is 8.87. The summed E-state index contributed by atoms with van der Waals surface area (Å²) in [4.78, 5) is 40.6. The fourth-order valence-electron chi connectivity index (χ4n) is 6.60. The highest BCUT2D eigenvalue weighted by Gasteiger charge is 2.42. The van der Waals surface area contributed by atoms with Crippen molar-refractivity contribution in [3.05, 3.63) is 44.6 Å². The molecule has 0 amide bonds. The van der Waals surface area contributed by atoms with Crippen molar-refractivity contribution < 1.29 is 28.5 Å². The van der Waals surface area contributed by atoms with Crippen LogP contribution >= 0.6 is 47.0 Å². The van der Waals surface area contributed by atoms with Crippen LogP contribution in [0.2, 0.25) is 0 Å². The van der Waals surface area contributed by atoms with Crippen LogP contribution in [0.5, 0.6) is 11.5 Å². The second-order valence-electron chi connectivity index (χ2n) is 21.7. The van der Waals surface area contributed by atoms with Crippen LogP contribution in [0.3, 0.4) is 0 Å². The van der Waals surface area contributed by atoms with Gasteiger partial charge in [0.25, 0.3) is 0 Å². The van der Waals surface area contributed by atoms with Gasteiger partial charge in [-0.1, -0.05) is 88.6 Å². The maximum Gasteiger partial charge on any atom is 0.343 e. The minimum atomic E-state index is -0.836. The summed E-state index contributed by atoms with van der Waals surface area (Å²) in [6.45, 7) is 34.4. The average molecular weight is 943 g/mol. The predicted octanol–water partition coefficient (Wildman–Crippen LogP) is 9.74. The molecule has 2 aliphatic heterocycles. The fraction of sp³-hybridized carbons (Fsp3) is 0.522. The van der Waals surface area contributed by atoms with E-state index in [1.807, 2.05) is 83.1 Å². The highest BCUT2D eigenvalue weighted by molar-refractivity contribution is 8.33. The lowest BCUT2D eigenvalue weighted by Crippen LogP contribution is -2.25. The molecule has 0 aliphatic carbocycles. The van der Waals surface area contributed by atoms with E-state index in [0.717, 1.165) is 19.6 Å². The van der Waals surface area contributed by atoms with Crippen molar-refractivity contribution in [1.29, 1.82) is 10.5 Å². The van der Waals surface area contributed by atoms with E-state index >= 15 is 0 Å². The first-order valence-corrected chi connectivity index (χ1v) is 24.0. The molecule has 0 unspecified atom stereocenters. The fourth-order valence-corrected chi connectivity index (χ4v) is 12.1. The zero-order valence-corrected chi connectivity index (χ0v) is 42.9. The number of carbonyl (C=O) groups excluding carboxylic acids is 2. The molecule has 0 bridgehead atoms. The molecule has 0 fully saturated rings. The molecule has 0 radical (unpaired) electrons. The molecule has 6 heterocycles. The molecule has 0 spiro atoms. The summed E-state index contributed by atoms with van der Waals surface area (Å²) in [5.74, 6) is 0.814. The Kier molecular flexibility index (Phi) is 11.5. The number of aromatic nitrogens is 6. The minimum absolute atomic E-state index is 0.0491. The molecular weight excluding hydrogens is 889 g/mol. The van der Waals surface area contributed by atoms with E-state index in [4.69, 9.17) is 39.1 Å². The summed E-state index contributed by atoms with van der Waals surface area (Å²) in [5.41, 5.74) is -3.20. The van der Waals surface area contributed by atoms with E-state index in [1.165, 1.54) is 47.0 Å². The number of fused-ring (bicyclic) bond motifs is 4. The first-order chi connectivity index (χ1) is 29.2. The SMILES string of the molecule is CC(C)(C)OC(=O)c1c(C#N)c(=C2Sc3c(OC(C)(C)C)c4c(c(OC(C)(C)C)c3S2)SC(=c2c(C#N)c(C(=O)OC(C)(C)C)c3nc(C(C)(C)C)nn23)S4)n2nc(C(C)(C)C)nc12. The summed E-state index contributed by atoms with van der Waals surface area (Å²) in [5, 5.41) is 32.3. The van der Waals surface area contributed by atoms with Crippen molar-refractivity contribution in [2.45, 2.75) is 177 Å². The van der Waals surface area contributed by atoms with Crippen LogP contribution in [-0.2, 0) is 20.3 Å². The van der Waals surface area contributed by atoms with E-state index in [1.54, 1.807) is 50.6 Å². The molecule has 1 aromatic carbocycles. The molecule has 14 nitrogen and oxygen atoms in total. The van der Waals surface area contributed by atoms with Crippen LogP contribution in [-0.4, -0.2) is 63.5 Å². The monoisotopic (exact) mass is 942 g/mol. The van der Waals surface area contributed by atoms with Crippen molar-refractivity contribution in [3.8, 4) is 23.6 Å². The summed E-state index contributed by atoms with van der Waals surface area (Å²) in [6, 6.07) is 4.61.